The molecule has 0 rings (SSSR count). The molecule has 0 amide bonds. The van der Waals surface area contributed by atoms with Crippen LogP contribution in [0.1, 0.15) is 303 Å². The lowest BCUT2D eigenvalue weighted by Gasteiger charge is -2.18. The molecule has 0 saturated carbocycles. The van der Waals surface area contributed by atoms with E-state index in [0.717, 1.165) is 128 Å². The second-order valence-corrected chi connectivity index (χ2v) is 22.3. The fraction of sp³-hybridized carbons (Fsp3) is 0.649. The van der Waals surface area contributed by atoms with Crippen LogP contribution in [0.2, 0.25) is 0 Å². The van der Waals surface area contributed by atoms with Crippen LogP contribution in [0.25, 0.3) is 0 Å². The molecule has 0 aromatic carbocycles. The molecule has 0 aromatic rings. The van der Waals surface area contributed by atoms with E-state index in [4.69, 9.17) is 14.2 Å². The van der Waals surface area contributed by atoms with E-state index in [1.165, 1.54) is 128 Å². The highest BCUT2D eigenvalue weighted by Gasteiger charge is 2.19. The number of carbonyl (C=O) groups is 3. The van der Waals surface area contributed by atoms with Crippen molar-refractivity contribution in [1.29, 1.82) is 0 Å². The zero-order valence-corrected chi connectivity index (χ0v) is 53.9. The van der Waals surface area contributed by atoms with E-state index in [9.17, 15) is 14.4 Å². The van der Waals surface area contributed by atoms with Crippen LogP contribution in [0.5, 0.6) is 0 Å². The van der Waals surface area contributed by atoms with Crippen LogP contribution >= 0.6 is 0 Å². The summed E-state index contributed by atoms with van der Waals surface area (Å²) in [5.74, 6) is -1.02. The lowest BCUT2D eigenvalue weighted by molar-refractivity contribution is -0.166. The van der Waals surface area contributed by atoms with Gasteiger partial charge < -0.3 is 14.2 Å². The van der Waals surface area contributed by atoms with Crippen LogP contribution in [0.15, 0.2) is 146 Å². The normalized spacial score (nSPS) is 13.0. The van der Waals surface area contributed by atoms with E-state index >= 15 is 0 Å². The number of allylic oxidation sites excluding steroid dienone is 24. The first-order valence-electron chi connectivity index (χ1n) is 34.3. The van der Waals surface area contributed by atoms with Gasteiger partial charge >= 0.3 is 17.9 Å². The molecule has 0 saturated heterocycles. The number of hydrogen-bond donors (Lipinski definition) is 0. The monoisotopic (exact) mass is 1150 g/mol. The summed E-state index contributed by atoms with van der Waals surface area (Å²) in [5.41, 5.74) is 0. The first-order valence-corrected chi connectivity index (χ1v) is 34.3. The van der Waals surface area contributed by atoms with Crippen LogP contribution in [0, 0.1) is 0 Å². The summed E-state index contributed by atoms with van der Waals surface area (Å²) in [6.07, 6.45) is 100. The van der Waals surface area contributed by atoms with Gasteiger partial charge in [0.2, 0.25) is 0 Å². The molecule has 0 radical (unpaired) electrons. The fourth-order valence-corrected chi connectivity index (χ4v) is 9.30. The van der Waals surface area contributed by atoms with Crippen LogP contribution < -0.4 is 0 Å². The maximum absolute atomic E-state index is 12.9. The molecule has 0 aliphatic rings. The predicted molar refractivity (Wildman–Crippen MR) is 362 cm³/mol. The smallest absolute Gasteiger partial charge is 0.306 e. The topological polar surface area (TPSA) is 78.9 Å². The minimum Gasteiger partial charge on any atom is -0.462 e. The Morgan fingerprint density at radius 2 is 0.494 bits per heavy atom. The van der Waals surface area contributed by atoms with Gasteiger partial charge in [-0.05, 0) is 109 Å². The minimum absolute atomic E-state index is 0.116. The highest BCUT2D eigenvalue weighted by atomic mass is 16.6. The lowest BCUT2D eigenvalue weighted by atomic mass is 10.0. The molecule has 83 heavy (non-hydrogen) atoms. The van der Waals surface area contributed by atoms with Gasteiger partial charge in [-0.1, -0.05) is 321 Å². The molecule has 0 N–H and O–H groups in total. The third kappa shape index (κ3) is 68.0. The van der Waals surface area contributed by atoms with Crippen LogP contribution in [-0.2, 0) is 28.6 Å². The Balaban J connectivity index is 4.40. The highest BCUT2D eigenvalue weighted by Crippen LogP contribution is 2.17. The van der Waals surface area contributed by atoms with Crippen molar-refractivity contribution in [2.24, 2.45) is 0 Å². The van der Waals surface area contributed by atoms with E-state index < -0.39 is 6.10 Å². The van der Waals surface area contributed by atoms with Crippen molar-refractivity contribution in [3.05, 3.63) is 146 Å². The molecule has 470 valence electrons. The summed E-state index contributed by atoms with van der Waals surface area (Å²) >= 11 is 0. The third-order valence-corrected chi connectivity index (χ3v) is 14.4. The molecule has 1 atom stereocenters. The Morgan fingerprint density at radius 3 is 0.807 bits per heavy atom. The fourth-order valence-electron chi connectivity index (χ4n) is 9.30. The molecule has 0 aliphatic carbocycles. The molecule has 0 fully saturated rings. The first kappa shape index (κ1) is 78.3. The summed E-state index contributed by atoms with van der Waals surface area (Å²) in [6.45, 7) is 6.35. The van der Waals surface area contributed by atoms with Gasteiger partial charge in [-0.2, -0.15) is 0 Å². The number of esters is 3. The largest absolute Gasteiger partial charge is 0.462 e. The summed E-state index contributed by atoms with van der Waals surface area (Å²) in [7, 11) is 0. The maximum Gasteiger partial charge on any atom is 0.306 e. The maximum atomic E-state index is 12.9. The second kappa shape index (κ2) is 69.8. The summed E-state index contributed by atoms with van der Waals surface area (Å²) in [5, 5.41) is 0. The van der Waals surface area contributed by atoms with E-state index in [1.807, 2.05) is 6.08 Å². The molecule has 0 heterocycles. The van der Waals surface area contributed by atoms with Gasteiger partial charge in [-0.3, -0.25) is 14.4 Å². The van der Waals surface area contributed by atoms with Crippen LogP contribution in [0.4, 0.5) is 0 Å². The molecule has 0 spiro atoms. The Kier molecular flexibility index (Phi) is 65.8. The quantitative estimate of drug-likeness (QED) is 0.0261. The van der Waals surface area contributed by atoms with Crippen molar-refractivity contribution in [1.82, 2.24) is 0 Å². The van der Waals surface area contributed by atoms with E-state index in [0.29, 0.717) is 19.3 Å². The number of ether oxygens (including phenoxy) is 3. The number of carbonyl (C=O) groups excluding carboxylic acids is 3. The van der Waals surface area contributed by atoms with E-state index in [1.54, 1.807) is 0 Å². The van der Waals surface area contributed by atoms with Gasteiger partial charge in [0.25, 0.3) is 0 Å². The molecule has 0 aromatic heterocycles. The van der Waals surface area contributed by atoms with Gasteiger partial charge in [-0.25, -0.2) is 0 Å². The second-order valence-electron chi connectivity index (χ2n) is 22.3. The molecule has 0 aliphatic heterocycles. The van der Waals surface area contributed by atoms with Crippen molar-refractivity contribution in [2.45, 2.75) is 309 Å². The van der Waals surface area contributed by atoms with Crippen molar-refractivity contribution in [2.75, 3.05) is 13.2 Å². The van der Waals surface area contributed by atoms with Crippen molar-refractivity contribution < 1.29 is 28.6 Å². The van der Waals surface area contributed by atoms with Gasteiger partial charge in [0, 0.05) is 19.3 Å². The average molecular weight is 1150 g/mol. The summed E-state index contributed by atoms with van der Waals surface area (Å²) in [4.78, 5) is 38.3. The third-order valence-electron chi connectivity index (χ3n) is 14.4. The molecular formula is C77H126O6. The molecule has 1 unspecified atom stereocenters. The Bertz CT molecular complexity index is 1800. The van der Waals surface area contributed by atoms with Crippen molar-refractivity contribution in [3.63, 3.8) is 0 Å². The Labute approximate surface area is 512 Å². The highest BCUT2D eigenvalue weighted by molar-refractivity contribution is 5.71. The summed E-state index contributed by atoms with van der Waals surface area (Å²) < 4.78 is 16.9. The van der Waals surface area contributed by atoms with Gasteiger partial charge in [0.1, 0.15) is 13.2 Å². The summed E-state index contributed by atoms with van der Waals surface area (Å²) in [6, 6.07) is 0. The molecular weight excluding hydrogens is 1020 g/mol. The Hall–Kier alpha value is -4.71. The van der Waals surface area contributed by atoms with E-state index in [2.05, 4.69) is 161 Å². The van der Waals surface area contributed by atoms with Crippen molar-refractivity contribution >= 4 is 17.9 Å². The molecule has 6 nitrogen and oxygen atoms in total. The molecule has 6 heteroatoms. The van der Waals surface area contributed by atoms with Crippen LogP contribution in [0.3, 0.4) is 0 Å². The lowest BCUT2D eigenvalue weighted by Crippen LogP contribution is -2.30. The van der Waals surface area contributed by atoms with E-state index in [-0.39, 0.29) is 37.5 Å². The standard InChI is InChI=1S/C77H126O6/c1-4-7-10-13-16-19-22-25-27-29-31-33-35-36-37-38-39-40-42-43-45-47-49-52-55-58-61-64-67-70-76(79)82-73-74(72-81-75(78)69-66-63-60-57-54-51-24-21-18-15-12-9-6-3)83-77(80)71-68-65-62-59-56-53-50-48-46-44-41-34-32-30-28-26-23-20-17-14-11-8-5-2/h7,9-10,12,16,18-19,21,25,27,31,33,36-37,39-40,43,45,49,51-52,54,60,63,74H,4-6,8,11,13-15,17,20,22-24,26,28-30,32,34-35,38,41-42,44,46-48,50,53,55-59,61-62,64-73H2,1-3H3/b10-7-,12-9-,19-16-,21-18-,27-25-,33-31-,37-36-,40-39-,45-43-,52-49-,54-51-,63-60-. The minimum atomic E-state index is -0.823. The molecule has 0 bridgehead atoms. The van der Waals surface area contributed by atoms with Gasteiger partial charge in [0.05, 0.1) is 0 Å². The number of unbranched alkanes of at least 4 members (excludes halogenated alkanes) is 26. The van der Waals surface area contributed by atoms with Crippen LogP contribution in [-0.4, -0.2) is 37.2 Å². The zero-order valence-electron chi connectivity index (χ0n) is 53.9. The number of rotatable bonds is 61. The predicted octanol–water partition coefficient (Wildman–Crippen LogP) is 23.9. The first-order chi connectivity index (χ1) is 41.0. The Morgan fingerprint density at radius 1 is 0.253 bits per heavy atom. The van der Waals surface area contributed by atoms with Gasteiger partial charge in [-0.15, -0.1) is 0 Å². The van der Waals surface area contributed by atoms with Crippen molar-refractivity contribution in [3.8, 4) is 0 Å². The average Bonchev–Trinajstić information content (AvgIpc) is 3.49. The van der Waals surface area contributed by atoms with Gasteiger partial charge in [0.15, 0.2) is 6.10 Å². The SMILES string of the molecule is CC/C=C\C/C=C\C/C=C\C/C=C\C/C=C\C/C=C\C/C=C\C/C=C\CCCCCCC(=O)OCC(COC(=O)CC/C=C\C/C=C\C/C=C\C/C=C\CC)OC(=O)CCCCCCCCCCCCCCCCCCCCCCCCC. The zero-order chi connectivity index (χ0) is 59.9. The number of hydrogen-bond acceptors (Lipinski definition) is 6.